The molecule has 2 aromatic rings. The number of carbonyl (C=O) groups excluding carboxylic acids is 1. The van der Waals surface area contributed by atoms with Crippen molar-refractivity contribution < 1.29 is 13.6 Å². The quantitative estimate of drug-likeness (QED) is 0.693. The zero-order valence-electron chi connectivity index (χ0n) is 20.0. The summed E-state index contributed by atoms with van der Waals surface area (Å²) in [6.07, 6.45) is 3.61. The van der Waals surface area contributed by atoms with Crippen LogP contribution in [0.3, 0.4) is 0 Å². The van der Waals surface area contributed by atoms with Crippen molar-refractivity contribution in [2.75, 3.05) is 18.0 Å². The molecule has 1 spiro atoms. The molecule has 1 aromatic heterocycles. The van der Waals surface area contributed by atoms with E-state index in [4.69, 9.17) is 4.98 Å². The third-order valence-electron chi connectivity index (χ3n) is 7.80. The molecule has 0 bridgehead atoms. The maximum Gasteiger partial charge on any atom is 0.267 e. The SMILES string of the molecule is CC(C)c1cccc2c1C1(CNC1)C(=O)N2Cc1nc2c(n1CC(F)(F)C(C)C)CCCC2. The largest absolute Gasteiger partial charge is 0.324 e. The molecule has 0 atom stereocenters. The van der Waals surface area contributed by atoms with Crippen LogP contribution in [0.2, 0.25) is 0 Å². The zero-order valence-corrected chi connectivity index (χ0v) is 20.0. The predicted octanol–water partition coefficient (Wildman–Crippen LogP) is 4.56. The van der Waals surface area contributed by atoms with E-state index in [1.165, 1.54) is 5.56 Å². The molecule has 1 aliphatic carbocycles. The molecule has 1 N–H and O–H groups in total. The number of aryl methyl sites for hydroxylation is 1. The van der Waals surface area contributed by atoms with Gasteiger partial charge in [0.2, 0.25) is 5.91 Å². The summed E-state index contributed by atoms with van der Waals surface area (Å²) in [5.41, 5.74) is 4.53. The Morgan fingerprint density at radius 1 is 1.15 bits per heavy atom. The third kappa shape index (κ3) is 3.42. The van der Waals surface area contributed by atoms with Crippen LogP contribution in [0.4, 0.5) is 14.5 Å². The van der Waals surface area contributed by atoms with Gasteiger partial charge in [-0.25, -0.2) is 13.8 Å². The van der Waals surface area contributed by atoms with Crippen LogP contribution in [0, 0.1) is 5.92 Å². The van der Waals surface area contributed by atoms with Gasteiger partial charge < -0.3 is 14.8 Å². The molecule has 7 heteroatoms. The lowest BCUT2D eigenvalue weighted by molar-refractivity contribution is -0.125. The van der Waals surface area contributed by atoms with Crippen molar-refractivity contribution in [2.24, 2.45) is 5.92 Å². The monoisotopic (exact) mass is 456 g/mol. The minimum Gasteiger partial charge on any atom is -0.324 e. The maximum absolute atomic E-state index is 14.9. The number of aromatic nitrogens is 2. The first-order valence-corrected chi connectivity index (χ1v) is 12.3. The van der Waals surface area contributed by atoms with E-state index in [2.05, 4.69) is 25.2 Å². The molecule has 5 rings (SSSR count). The molecule has 1 amide bonds. The van der Waals surface area contributed by atoms with Gasteiger partial charge in [-0.05, 0) is 48.8 Å². The van der Waals surface area contributed by atoms with Crippen molar-refractivity contribution in [2.45, 2.75) is 83.7 Å². The number of anilines is 1. The Balaban J connectivity index is 1.58. The van der Waals surface area contributed by atoms with Gasteiger partial charge in [0.25, 0.3) is 5.92 Å². The molecule has 0 radical (unpaired) electrons. The summed E-state index contributed by atoms with van der Waals surface area (Å²) >= 11 is 0. The van der Waals surface area contributed by atoms with Gasteiger partial charge in [-0.15, -0.1) is 0 Å². The Labute approximate surface area is 194 Å². The summed E-state index contributed by atoms with van der Waals surface area (Å²) in [4.78, 5) is 20.4. The normalized spacial score (nSPS) is 19.4. The van der Waals surface area contributed by atoms with E-state index in [9.17, 15) is 13.6 Å². The molecule has 3 heterocycles. The molecular weight excluding hydrogens is 422 g/mol. The maximum atomic E-state index is 14.9. The fraction of sp³-hybridized carbons (Fsp3) is 0.615. The van der Waals surface area contributed by atoms with Crippen molar-refractivity contribution in [3.05, 3.63) is 46.5 Å². The molecular formula is C26H34F2N4O. The Hall–Kier alpha value is -2.28. The van der Waals surface area contributed by atoms with Gasteiger partial charge in [-0.1, -0.05) is 39.8 Å². The third-order valence-corrected chi connectivity index (χ3v) is 7.80. The lowest BCUT2D eigenvalue weighted by Crippen LogP contribution is -2.62. The number of hydrogen-bond acceptors (Lipinski definition) is 3. The van der Waals surface area contributed by atoms with Crippen LogP contribution in [0.1, 0.15) is 74.8 Å². The highest BCUT2D eigenvalue weighted by molar-refractivity contribution is 6.09. The van der Waals surface area contributed by atoms with E-state index in [0.29, 0.717) is 24.8 Å². The van der Waals surface area contributed by atoms with Crippen molar-refractivity contribution in [3.63, 3.8) is 0 Å². The summed E-state index contributed by atoms with van der Waals surface area (Å²) in [5.74, 6) is -2.66. The highest BCUT2D eigenvalue weighted by Crippen LogP contribution is 2.48. The molecule has 0 unspecified atom stereocenters. The molecule has 178 valence electrons. The van der Waals surface area contributed by atoms with Crippen LogP contribution in [0.15, 0.2) is 18.2 Å². The number of nitrogens with one attached hydrogen (secondary N) is 1. The number of alkyl halides is 2. The predicted molar refractivity (Wildman–Crippen MR) is 125 cm³/mol. The van der Waals surface area contributed by atoms with E-state index >= 15 is 0 Å². The Kier molecular flexibility index (Phi) is 5.39. The second kappa shape index (κ2) is 7.90. The van der Waals surface area contributed by atoms with Crippen molar-refractivity contribution in [1.29, 1.82) is 0 Å². The smallest absolute Gasteiger partial charge is 0.267 e. The first-order chi connectivity index (χ1) is 15.7. The van der Waals surface area contributed by atoms with Gasteiger partial charge in [0, 0.05) is 30.4 Å². The number of halogens is 2. The summed E-state index contributed by atoms with van der Waals surface area (Å²) in [5, 5.41) is 3.29. The van der Waals surface area contributed by atoms with Crippen molar-refractivity contribution in [3.8, 4) is 0 Å². The van der Waals surface area contributed by atoms with Crippen molar-refractivity contribution in [1.82, 2.24) is 14.9 Å². The van der Waals surface area contributed by atoms with Gasteiger partial charge in [0.1, 0.15) is 11.2 Å². The van der Waals surface area contributed by atoms with Crippen molar-refractivity contribution >= 4 is 11.6 Å². The van der Waals surface area contributed by atoms with Crippen LogP contribution in [0.5, 0.6) is 0 Å². The average molecular weight is 457 g/mol. The lowest BCUT2D eigenvalue weighted by atomic mass is 9.73. The first-order valence-electron chi connectivity index (χ1n) is 12.3. The number of nitrogens with zero attached hydrogens (tertiary/aromatic N) is 3. The second-order valence-electron chi connectivity index (χ2n) is 10.6. The van der Waals surface area contributed by atoms with Crippen LogP contribution in [-0.2, 0) is 36.1 Å². The minimum absolute atomic E-state index is 0.0625. The number of amides is 1. The fourth-order valence-electron chi connectivity index (χ4n) is 5.62. The van der Waals surface area contributed by atoms with Gasteiger partial charge in [0.05, 0.1) is 18.8 Å². The molecule has 2 aliphatic heterocycles. The van der Waals surface area contributed by atoms with Crippen LogP contribution >= 0.6 is 0 Å². The van der Waals surface area contributed by atoms with Crippen LogP contribution < -0.4 is 10.2 Å². The Morgan fingerprint density at radius 3 is 2.52 bits per heavy atom. The molecule has 3 aliphatic rings. The summed E-state index contributed by atoms with van der Waals surface area (Å²) < 4.78 is 31.5. The molecule has 1 aromatic carbocycles. The Bertz CT molecular complexity index is 1080. The average Bonchev–Trinajstić information content (AvgIpc) is 3.20. The van der Waals surface area contributed by atoms with E-state index < -0.39 is 17.3 Å². The van der Waals surface area contributed by atoms with E-state index in [0.717, 1.165) is 48.3 Å². The highest BCUT2D eigenvalue weighted by Gasteiger charge is 2.56. The highest BCUT2D eigenvalue weighted by atomic mass is 19.3. The van der Waals surface area contributed by atoms with E-state index in [1.54, 1.807) is 23.3 Å². The number of rotatable bonds is 6. The first kappa shape index (κ1) is 22.5. The molecule has 1 saturated heterocycles. The summed E-state index contributed by atoms with van der Waals surface area (Å²) in [6.45, 7) is 8.51. The zero-order chi connectivity index (χ0) is 23.5. The van der Waals surface area contributed by atoms with Gasteiger partial charge in [0.15, 0.2) is 0 Å². The number of imidazole rings is 1. The molecule has 5 nitrogen and oxygen atoms in total. The molecule has 33 heavy (non-hydrogen) atoms. The fourth-order valence-corrected chi connectivity index (χ4v) is 5.62. The number of fused-ring (bicyclic) bond motifs is 3. The van der Waals surface area contributed by atoms with E-state index in [1.807, 2.05) is 12.1 Å². The second-order valence-corrected chi connectivity index (χ2v) is 10.6. The minimum atomic E-state index is -2.84. The number of hydrogen-bond donors (Lipinski definition) is 1. The lowest BCUT2D eigenvalue weighted by Gasteiger charge is -2.39. The van der Waals surface area contributed by atoms with Gasteiger partial charge >= 0.3 is 0 Å². The van der Waals surface area contributed by atoms with Gasteiger partial charge in [-0.3, -0.25) is 4.79 Å². The van der Waals surface area contributed by atoms with E-state index in [-0.39, 0.29) is 19.0 Å². The van der Waals surface area contributed by atoms with Crippen LogP contribution in [0.25, 0.3) is 0 Å². The topological polar surface area (TPSA) is 50.2 Å². The number of benzene rings is 1. The van der Waals surface area contributed by atoms with Crippen LogP contribution in [-0.4, -0.2) is 34.5 Å². The summed E-state index contributed by atoms with van der Waals surface area (Å²) in [7, 11) is 0. The Morgan fingerprint density at radius 2 is 1.88 bits per heavy atom. The standard InChI is InChI=1S/C26H34F2N4O/c1-16(2)18-8-7-11-21-23(18)25(13-29-14-25)24(33)31(21)12-22-30-19-9-5-6-10-20(19)32(22)15-26(27,28)17(3)4/h7-8,11,16-17,29H,5-6,9-10,12-15H2,1-4H3. The summed E-state index contributed by atoms with van der Waals surface area (Å²) in [6, 6.07) is 6.12. The van der Waals surface area contributed by atoms with Gasteiger partial charge in [-0.2, -0.15) is 0 Å². The molecule has 1 fully saturated rings. The number of carbonyl (C=O) groups is 1. The molecule has 0 saturated carbocycles.